The summed E-state index contributed by atoms with van der Waals surface area (Å²) >= 11 is 6.44. The summed E-state index contributed by atoms with van der Waals surface area (Å²) in [6, 6.07) is 1.82. The van der Waals surface area contributed by atoms with Crippen LogP contribution in [0.1, 0.15) is 45.2 Å². The maximum atomic E-state index is 12.6. The quantitative estimate of drug-likeness (QED) is 0.758. The highest BCUT2D eigenvalue weighted by atomic mass is 35.5. The Hall–Kier alpha value is -2.41. The molecule has 2 N–H and O–H groups in total. The van der Waals surface area contributed by atoms with Gasteiger partial charge in [-0.3, -0.25) is 14.3 Å². The number of aromatic nitrogens is 3. The first-order chi connectivity index (χ1) is 14.3. The van der Waals surface area contributed by atoms with Crippen molar-refractivity contribution in [1.82, 2.24) is 20.1 Å². The Morgan fingerprint density at radius 2 is 2.07 bits per heavy atom. The number of fused-ring (bicyclic) bond motifs is 1. The van der Waals surface area contributed by atoms with Crippen molar-refractivity contribution >= 4 is 29.2 Å². The van der Waals surface area contributed by atoms with Crippen molar-refractivity contribution in [1.29, 1.82) is 0 Å². The van der Waals surface area contributed by atoms with Gasteiger partial charge in [0.25, 0.3) is 0 Å². The first kappa shape index (κ1) is 20.8. The smallest absolute Gasteiger partial charge is 0.225 e. The molecule has 2 unspecified atom stereocenters. The standard InChI is InChI=1S/C22H28ClN5O2/c1-22(2)9-18-16(10-26-28(18)12-22)15-8-19(25-11-17(15)23)27-20(29)7-13-4-5-14(6-13)21(30)24-3/h8,10-11,13-14H,4-7,9,12H2,1-3H3,(H,24,30)(H,25,27,29). The minimum Gasteiger partial charge on any atom is -0.359 e. The van der Waals surface area contributed by atoms with Crippen LogP contribution in [0.4, 0.5) is 5.82 Å². The number of nitrogens with zero attached hydrogens (tertiary/aromatic N) is 3. The zero-order valence-electron chi connectivity index (χ0n) is 17.7. The summed E-state index contributed by atoms with van der Waals surface area (Å²) in [5.74, 6) is 0.706. The minimum atomic E-state index is -0.0836. The Balaban J connectivity index is 1.45. The molecule has 3 heterocycles. The molecule has 7 nitrogen and oxygen atoms in total. The van der Waals surface area contributed by atoms with Gasteiger partial charge in [0.2, 0.25) is 11.8 Å². The van der Waals surface area contributed by atoms with Gasteiger partial charge in [-0.1, -0.05) is 25.4 Å². The van der Waals surface area contributed by atoms with Crippen molar-refractivity contribution in [3.05, 3.63) is 29.2 Å². The van der Waals surface area contributed by atoms with E-state index < -0.39 is 0 Å². The molecule has 8 heteroatoms. The Bertz CT molecular complexity index is 984. The molecule has 0 saturated heterocycles. The van der Waals surface area contributed by atoms with Crippen LogP contribution in [-0.4, -0.2) is 33.6 Å². The Morgan fingerprint density at radius 1 is 1.27 bits per heavy atom. The van der Waals surface area contributed by atoms with Crippen LogP contribution < -0.4 is 10.6 Å². The van der Waals surface area contributed by atoms with Crippen molar-refractivity contribution in [2.45, 2.75) is 52.5 Å². The molecule has 0 aromatic carbocycles. The van der Waals surface area contributed by atoms with Crippen molar-refractivity contribution in [3.8, 4) is 11.1 Å². The van der Waals surface area contributed by atoms with Gasteiger partial charge < -0.3 is 10.6 Å². The molecule has 1 saturated carbocycles. The second-order valence-corrected chi connectivity index (χ2v) is 9.70. The number of halogens is 1. The molecule has 160 valence electrons. The van der Waals surface area contributed by atoms with Crippen LogP contribution in [0.25, 0.3) is 11.1 Å². The highest BCUT2D eigenvalue weighted by Gasteiger charge is 2.33. The molecule has 1 aliphatic heterocycles. The van der Waals surface area contributed by atoms with Gasteiger partial charge in [-0.2, -0.15) is 5.10 Å². The molecule has 0 spiro atoms. The van der Waals surface area contributed by atoms with Gasteiger partial charge in [-0.25, -0.2) is 4.98 Å². The van der Waals surface area contributed by atoms with Crippen molar-refractivity contribution in [3.63, 3.8) is 0 Å². The molecule has 4 rings (SSSR count). The predicted molar refractivity (Wildman–Crippen MR) is 116 cm³/mol. The van der Waals surface area contributed by atoms with E-state index in [1.807, 2.05) is 16.9 Å². The second kappa shape index (κ2) is 8.02. The summed E-state index contributed by atoms with van der Waals surface area (Å²) in [6.07, 6.45) is 7.22. The lowest BCUT2D eigenvalue weighted by Crippen LogP contribution is -2.25. The van der Waals surface area contributed by atoms with E-state index in [2.05, 4.69) is 34.6 Å². The van der Waals surface area contributed by atoms with Crippen LogP contribution in [0.2, 0.25) is 5.02 Å². The number of nitrogens with one attached hydrogen (secondary N) is 2. The summed E-state index contributed by atoms with van der Waals surface area (Å²) in [6.45, 7) is 5.33. The fourth-order valence-corrected chi connectivity index (χ4v) is 4.95. The van der Waals surface area contributed by atoms with E-state index in [1.54, 1.807) is 13.2 Å². The number of hydrogen-bond donors (Lipinski definition) is 2. The van der Waals surface area contributed by atoms with Gasteiger partial charge in [0.05, 0.1) is 11.2 Å². The maximum Gasteiger partial charge on any atom is 0.225 e. The third-order valence-electron chi connectivity index (χ3n) is 6.22. The van der Waals surface area contributed by atoms with Gasteiger partial charge in [0.1, 0.15) is 5.82 Å². The normalized spacial score (nSPS) is 22.0. The van der Waals surface area contributed by atoms with Crippen molar-refractivity contribution < 1.29 is 9.59 Å². The highest BCUT2D eigenvalue weighted by Crippen LogP contribution is 2.39. The minimum absolute atomic E-state index is 0.0155. The predicted octanol–water partition coefficient (Wildman–Crippen LogP) is 3.67. The molecule has 2 aromatic heterocycles. The first-order valence-corrected chi connectivity index (χ1v) is 10.9. The topological polar surface area (TPSA) is 88.9 Å². The number of amides is 2. The first-order valence-electron chi connectivity index (χ1n) is 10.5. The van der Waals surface area contributed by atoms with Gasteiger partial charge in [0.15, 0.2) is 0 Å². The summed E-state index contributed by atoms with van der Waals surface area (Å²) in [5.41, 5.74) is 3.16. The molecule has 2 aromatic rings. The van der Waals surface area contributed by atoms with Crippen LogP contribution in [0.15, 0.2) is 18.5 Å². The largest absolute Gasteiger partial charge is 0.359 e. The summed E-state index contributed by atoms with van der Waals surface area (Å²) in [5, 5.41) is 10.7. The van der Waals surface area contributed by atoms with Crippen LogP contribution in [-0.2, 0) is 22.6 Å². The third-order valence-corrected chi connectivity index (χ3v) is 6.52. The molecule has 2 aliphatic rings. The van der Waals surface area contributed by atoms with Crippen LogP contribution in [0, 0.1) is 17.3 Å². The molecule has 0 radical (unpaired) electrons. The maximum absolute atomic E-state index is 12.6. The number of carbonyl (C=O) groups excluding carboxylic acids is 2. The molecule has 2 amide bonds. The zero-order chi connectivity index (χ0) is 21.5. The van der Waals surface area contributed by atoms with Gasteiger partial charge in [-0.15, -0.1) is 0 Å². The summed E-state index contributed by atoms with van der Waals surface area (Å²) < 4.78 is 2.04. The third kappa shape index (κ3) is 4.21. The molecule has 30 heavy (non-hydrogen) atoms. The summed E-state index contributed by atoms with van der Waals surface area (Å²) in [7, 11) is 1.66. The number of anilines is 1. The lowest BCUT2D eigenvalue weighted by molar-refractivity contribution is -0.124. The monoisotopic (exact) mass is 429 g/mol. The van der Waals surface area contributed by atoms with E-state index in [1.165, 1.54) is 0 Å². The molecule has 0 bridgehead atoms. The Morgan fingerprint density at radius 3 is 2.83 bits per heavy atom. The van der Waals surface area contributed by atoms with Crippen molar-refractivity contribution in [2.24, 2.45) is 17.3 Å². The zero-order valence-corrected chi connectivity index (χ0v) is 18.4. The van der Waals surface area contributed by atoms with E-state index in [9.17, 15) is 9.59 Å². The number of pyridine rings is 1. The van der Waals surface area contributed by atoms with Gasteiger partial charge in [-0.05, 0) is 43.1 Å². The fraction of sp³-hybridized carbons (Fsp3) is 0.545. The average molecular weight is 430 g/mol. The van der Waals surface area contributed by atoms with E-state index in [-0.39, 0.29) is 29.1 Å². The van der Waals surface area contributed by atoms with Crippen LogP contribution >= 0.6 is 11.6 Å². The SMILES string of the molecule is CNC(=O)C1CCC(CC(=O)Nc2cc(-c3cnn4c3CC(C)(C)C4)c(Cl)cn2)C1. The number of rotatable bonds is 5. The summed E-state index contributed by atoms with van der Waals surface area (Å²) in [4.78, 5) is 28.7. The molecule has 2 atom stereocenters. The molecule has 1 aliphatic carbocycles. The second-order valence-electron chi connectivity index (χ2n) is 9.30. The fourth-order valence-electron chi connectivity index (χ4n) is 4.75. The Labute approximate surface area is 181 Å². The average Bonchev–Trinajstić information content (AvgIpc) is 3.37. The Kier molecular flexibility index (Phi) is 5.57. The lowest BCUT2D eigenvalue weighted by Gasteiger charge is -2.15. The highest BCUT2D eigenvalue weighted by molar-refractivity contribution is 6.33. The molecule has 1 fully saturated rings. The molecular weight excluding hydrogens is 402 g/mol. The number of hydrogen-bond acceptors (Lipinski definition) is 4. The lowest BCUT2D eigenvalue weighted by atomic mass is 9.89. The van der Waals surface area contributed by atoms with E-state index in [4.69, 9.17) is 11.6 Å². The van der Waals surface area contributed by atoms with Crippen LogP contribution in [0.5, 0.6) is 0 Å². The van der Waals surface area contributed by atoms with Gasteiger partial charge in [0, 0.05) is 48.9 Å². The van der Waals surface area contributed by atoms with E-state index in [0.717, 1.165) is 49.0 Å². The van der Waals surface area contributed by atoms with Crippen LogP contribution in [0.3, 0.4) is 0 Å². The molecular formula is C22H28ClN5O2. The van der Waals surface area contributed by atoms with E-state index in [0.29, 0.717) is 17.3 Å². The van der Waals surface area contributed by atoms with Gasteiger partial charge >= 0.3 is 0 Å². The number of carbonyl (C=O) groups is 2. The van der Waals surface area contributed by atoms with E-state index >= 15 is 0 Å². The van der Waals surface area contributed by atoms with Crippen molar-refractivity contribution in [2.75, 3.05) is 12.4 Å².